The molecule has 1 aromatic heterocycles. The normalized spacial score (nSPS) is 21.4. The summed E-state index contributed by atoms with van der Waals surface area (Å²) in [6.45, 7) is 7.66. The molecule has 1 N–H and O–H groups in total. The Morgan fingerprint density at radius 2 is 1.82 bits per heavy atom. The van der Waals surface area contributed by atoms with Crippen LogP contribution in [-0.2, 0) is 19.2 Å². The van der Waals surface area contributed by atoms with Gasteiger partial charge in [-0.15, -0.1) is 0 Å². The van der Waals surface area contributed by atoms with Gasteiger partial charge in [-0.05, 0) is 62.9 Å². The Balaban J connectivity index is 1.43. The third-order valence-corrected chi connectivity index (χ3v) is 6.25. The fraction of sp³-hybridized carbons (Fsp3) is 0.440. The standard InChI is InChI=1S/C25H27FN4O4/c1-13-7-16(23-28-11-17(26)12-29-23)8-14(2)20(13)21-19(31)9-15(22(21)32)5-6-27-24(33)18-10-25(3,4)34-30-18/h7-8,11-12,15,21H,5-6,9-10H2,1-4H3,(H,27,33). The smallest absolute Gasteiger partial charge is 0.269 e. The average molecular weight is 467 g/mol. The van der Waals surface area contributed by atoms with Gasteiger partial charge < -0.3 is 10.2 Å². The minimum absolute atomic E-state index is 0.117. The maximum atomic E-state index is 13.2. The summed E-state index contributed by atoms with van der Waals surface area (Å²) in [7, 11) is 0. The first-order valence-corrected chi connectivity index (χ1v) is 11.2. The van der Waals surface area contributed by atoms with Gasteiger partial charge in [0.2, 0.25) is 0 Å². The number of nitrogens with one attached hydrogen (secondary N) is 1. The molecule has 2 aliphatic rings. The lowest BCUT2D eigenvalue weighted by Crippen LogP contribution is -2.34. The first-order valence-electron chi connectivity index (χ1n) is 11.2. The molecule has 0 spiro atoms. The summed E-state index contributed by atoms with van der Waals surface area (Å²) in [5.74, 6) is -1.98. The van der Waals surface area contributed by atoms with Crippen molar-refractivity contribution in [2.24, 2.45) is 11.1 Å². The van der Waals surface area contributed by atoms with Crippen LogP contribution in [0.5, 0.6) is 0 Å². The quantitative estimate of drug-likeness (QED) is 0.655. The molecule has 1 fully saturated rings. The zero-order valence-electron chi connectivity index (χ0n) is 19.6. The monoisotopic (exact) mass is 466 g/mol. The summed E-state index contributed by atoms with van der Waals surface area (Å²) in [6, 6.07) is 3.63. The molecular formula is C25H27FN4O4. The summed E-state index contributed by atoms with van der Waals surface area (Å²) >= 11 is 0. The molecule has 1 amide bonds. The number of halogens is 1. The number of ketones is 2. The van der Waals surface area contributed by atoms with E-state index in [2.05, 4.69) is 20.4 Å². The highest BCUT2D eigenvalue weighted by Crippen LogP contribution is 2.38. The molecule has 1 aromatic carbocycles. The van der Waals surface area contributed by atoms with E-state index in [4.69, 9.17) is 4.84 Å². The summed E-state index contributed by atoms with van der Waals surface area (Å²) in [6.07, 6.45) is 3.14. The van der Waals surface area contributed by atoms with E-state index in [1.807, 2.05) is 39.8 Å². The zero-order chi connectivity index (χ0) is 24.6. The Bertz CT molecular complexity index is 1170. The molecule has 34 heavy (non-hydrogen) atoms. The molecule has 0 saturated heterocycles. The van der Waals surface area contributed by atoms with E-state index in [0.717, 1.165) is 23.5 Å². The molecule has 2 heterocycles. The second-order valence-corrected chi connectivity index (χ2v) is 9.56. The molecule has 2 aromatic rings. The lowest BCUT2D eigenvalue weighted by Gasteiger charge is -2.17. The topological polar surface area (TPSA) is 111 Å². The number of nitrogens with zero attached hydrogens (tertiary/aromatic N) is 3. The fourth-order valence-electron chi connectivity index (χ4n) is 4.65. The average Bonchev–Trinajstić information content (AvgIpc) is 3.27. The highest BCUT2D eigenvalue weighted by Gasteiger charge is 2.43. The Hall–Kier alpha value is -3.49. The van der Waals surface area contributed by atoms with Crippen LogP contribution in [0.15, 0.2) is 29.7 Å². The van der Waals surface area contributed by atoms with Gasteiger partial charge in [0.15, 0.2) is 17.4 Å². The van der Waals surface area contributed by atoms with Crippen molar-refractivity contribution in [2.45, 2.75) is 58.5 Å². The number of carbonyl (C=O) groups is 3. The van der Waals surface area contributed by atoms with Crippen molar-refractivity contribution < 1.29 is 23.6 Å². The van der Waals surface area contributed by atoms with E-state index in [1.54, 1.807) is 0 Å². The summed E-state index contributed by atoms with van der Waals surface area (Å²) in [5, 5.41) is 6.60. The van der Waals surface area contributed by atoms with E-state index >= 15 is 0 Å². The van der Waals surface area contributed by atoms with Crippen molar-refractivity contribution in [3.63, 3.8) is 0 Å². The SMILES string of the molecule is Cc1cc(-c2ncc(F)cn2)cc(C)c1C1C(=O)CC(CCNC(=O)C2=NOC(C)(C)C2)C1=O. The van der Waals surface area contributed by atoms with Gasteiger partial charge in [0, 0.05) is 30.9 Å². The molecule has 178 valence electrons. The van der Waals surface area contributed by atoms with E-state index in [0.29, 0.717) is 35.5 Å². The molecule has 8 nitrogen and oxygen atoms in total. The van der Waals surface area contributed by atoms with E-state index in [9.17, 15) is 18.8 Å². The Kier molecular flexibility index (Phi) is 6.29. The van der Waals surface area contributed by atoms with Crippen LogP contribution in [-0.4, -0.2) is 45.3 Å². The zero-order valence-corrected chi connectivity index (χ0v) is 19.6. The first-order chi connectivity index (χ1) is 16.1. The molecule has 2 atom stereocenters. The third-order valence-electron chi connectivity index (χ3n) is 6.25. The lowest BCUT2D eigenvalue weighted by molar-refractivity contribution is -0.125. The van der Waals surface area contributed by atoms with Crippen LogP contribution in [0.4, 0.5) is 4.39 Å². The molecule has 1 aliphatic carbocycles. The van der Waals surface area contributed by atoms with Gasteiger partial charge in [-0.1, -0.05) is 5.16 Å². The van der Waals surface area contributed by atoms with Crippen molar-refractivity contribution in [3.8, 4) is 11.4 Å². The van der Waals surface area contributed by atoms with Gasteiger partial charge in [0.05, 0.1) is 12.4 Å². The van der Waals surface area contributed by atoms with Crippen molar-refractivity contribution in [1.29, 1.82) is 0 Å². The molecule has 0 bridgehead atoms. The number of hydrogen-bond acceptors (Lipinski definition) is 7. The Morgan fingerprint density at radius 1 is 1.18 bits per heavy atom. The number of benzene rings is 1. The van der Waals surface area contributed by atoms with Crippen LogP contribution in [0.3, 0.4) is 0 Å². The minimum atomic E-state index is -0.822. The number of aromatic nitrogens is 2. The maximum absolute atomic E-state index is 13.2. The van der Waals surface area contributed by atoms with Crippen LogP contribution in [0.1, 0.15) is 55.7 Å². The molecular weight excluding hydrogens is 439 g/mol. The number of hydrogen-bond donors (Lipinski definition) is 1. The van der Waals surface area contributed by atoms with Gasteiger partial charge in [-0.3, -0.25) is 14.4 Å². The predicted octanol–water partition coefficient (Wildman–Crippen LogP) is 3.20. The fourth-order valence-corrected chi connectivity index (χ4v) is 4.65. The van der Waals surface area contributed by atoms with Crippen LogP contribution in [0.2, 0.25) is 0 Å². The van der Waals surface area contributed by atoms with Crippen LogP contribution in [0.25, 0.3) is 11.4 Å². The van der Waals surface area contributed by atoms with Gasteiger partial charge in [0.25, 0.3) is 5.91 Å². The summed E-state index contributed by atoms with van der Waals surface area (Å²) < 4.78 is 13.2. The van der Waals surface area contributed by atoms with E-state index in [1.165, 1.54) is 0 Å². The lowest BCUT2D eigenvalue weighted by atomic mass is 9.86. The maximum Gasteiger partial charge on any atom is 0.269 e. The Labute approximate surface area is 197 Å². The van der Waals surface area contributed by atoms with E-state index < -0.39 is 23.3 Å². The Morgan fingerprint density at radius 3 is 2.41 bits per heavy atom. The minimum Gasteiger partial charge on any atom is -0.389 e. The molecule has 9 heteroatoms. The first kappa shape index (κ1) is 23.7. The van der Waals surface area contributed by atoms with Crippen LogP contribution < -0.4 is 5.32 Å². The highest BCUT2D eigenvalue weighted by atomic mass is 19.1. The van der Waals surface area contributed by atoms with E-state index in [-0.39, 0.29) is 30.4 Å². The van der Waals surface area contributed by atoms with Gasteiger partial charge in [-0.25, -0.2) is 14.4 Å². The van der Waals surface area contributed by atoms with Crippen molar-refractivity contribution in [1.82, 2.24) is 15.3 Å². The van der Waals surface area contributed by atoms with Crippen molar-refractivity contribution in [2.75, 3.05) is 6.54 Å². The summed E-state index contributed by atoms with van der Waals surface area (Å²) in [5.41, 5.74) is 2.79. The molecule has 4 rings (SSSR count). The van der Waals surface area contributed by atoms with Crippen molar-refractivity contribution in [3.05, 3.63) is 47.0 Å². The van der Waals surface area contributed by atoms with Crippen LogP contribution in [0, 0.1) is 25.6 Å². The number of carbonyl (C=O) groups excluding carboxylic acids is 3. The van der Waals surface area contributed by atoms with Crippen molar-refractivity contribution >= 4 is 23.2 Å². The largest absolute Gasteiger partial charge is 0.389 e. The van der Waals surface area contributed by atoms with Crippen LogP contribution >= 0.6 is 0 Å². The summed E-state index contributed by atoms with van der Waals surface area (Å²) in [4.78, 5) is 51.6. The van der Waals surface area contributed by atoms with Gasteiger partial charge in [0.1, 0.15) is 23.0 Å². The highest BCUT2D eigenvalue weighted by molar-refractivity contribution is 6.39. The molecule has 1 saturated carbocycles. The molecule has 1 aliphatic heterocycles. The number of Topliss-reactive ketones (excluding diaryl/α,β-unsaturated/α-hetero) is 2. The second-order valence-electron chi connectivity index (χ2n) is 9.56. The number of rotatable bonds is 6. The number of amides is 1. The third kappa shape index (κ3) is 4.73. The predicted molar refractivity (Wildman–Crippen MR) is 123 cm³/mol. The second kappa shape index (κ2) is 9.04. The molecule has 2 unspecified atom stereocenters. The number of oxime groups is 1. The number of aryl methyl sites for hydroxylation is 2. The van der Waals surface area contributed by atoms with Gasteiger partial charge in [-0.2, -0.15) is 0 Å². The van der Waals surface area contributed by atoms with Gasteiger partial charge >= 0.3 is 0 Å². The molecule has 0 radical (unpaired) electrons.